The van der Waals surface area contributed by atoms with Crippen LogP contribution >= 0.6 is 0 Å². The highest BCUT2D eigenvalue weighted by atomic mass is 15.0. The lowest BCUT2D eigenvalue weighted by molar-refractivity contribution is 1.07. The monoisotopic (exact) mass is 948 g/mol. The van der Waals surface area contributed by atoms with E-state index in [1.165, 1.54) is 38.9 Å². The van der Waals surface area contributed by atoms with Crippen LogP contribution in [0, 0.1) is 39.0 Å². The normalized spacial score (nSPS) is 11.5. The molecule has 0 bridgehead atoms. The molecule has 0 saturated carbocycles. The molecule has 6 nitrogen and oxygen atoms in total. The third kappa shape index (κ3) is 7.71. The van der Waals surface area contributed by atoms with E-state index in [-0.39, 0.29) is 0 Å². The molecule has 10 aromatic carbocycles. The van der Waals surface area contributed by atoms with Crippen molar-refractivity contribution >= 4 is 43.6 Å². The molecule has 0 fully saturated rings. The summed E-state index contributed by atoms with van der Waals surface area (Å²) >= 11 is 0. The predicted molar refractivity (Wildman–Crippen MR) is 305 cm³/mol. The maximum Gasteiger partial charge on any atom is 0.164 e. The smallest absolute Gasteiger partial charge is 0.164 e. The molecule has 0 spiro atoms. The van der Waals surface area contributed by atoms with Gasteiger partial charge >= 0.3 is 0 Å². The summed E-state index contributed by atoms with van der Waals surface area (Å²) in [4.78, 5) is 15.7. The third-order valence-corrected chi connectivity index (χ3v) is 14.3. The molecule has 3 heterocycles. The zero-order valence-corrected chi connectivity index (χ0v) is 41.5. The van der Waals surface area contributed by atoms with Crippen molar-refractivity contribution in [2.24, 2.45) is 0 Å². The number of fused-ring (bicyclic) bond motifs is 6. The van der Waals surface area contributed by atoms with E-state index in [1.807, 2.05) is 72.8 Å². The van der Waals surface area contributed by atoms with Crippen molar-refractivity contribution in [3.8, 4) is 85.0 Å². The minimum atomic E-state index is 0.521. The van der Waals surface area contributed by atoms with Gasteiger partial charge in [-0.2, -0.15) is 5.26 Å². The topological polar surface area (TPSA) is 72.3 Å². The van der Waals surface area contributed by atoms with Gasteiger partial charge in [-0.25, -0.2) is 15.0 Å². The number of benzene rings is 10. The number of para-hydroxylation sites is 2. The van der Waals surface area contributed by atoms with Crippen LogP contribution in [0.25, 0.3) is 123 Å². The molecular formula is C68H48N6. The SMILES string of the molecule is Cc1cc(C)cc(-c2ccc3c(c2)c2ccccc2n3-c2ccc(-c3nc(-c4ccccc4)nc(-c4ccccc4)n3)c(-c3cc(C#N)ccc3-n3c4ccccc4c4cc(-c5cc(C)cc(C)c5)ccc43)c2)c1. The molecule has 0 unspecified atom stereocenters. The van der Waals surface area contributed by atoms with Gasteiger partial charge in [-0.3, -0.25) is 0 Å². The molecule has 350 valence electrons. The Bertz CT molecular complexity index is 4320. The summed E-state index contributed by atoms with van der Waals surface area (Å²) in [5, 5.41) is 15.4. The molecule has 0 amide bonds. The van der Waals surface area contributed by atoms with Crippen LogP contribution in [0.4, 0.5) is 0 Å². The van der Waals surface area contributed by atoms with E-state index in [9.17, 15) is 5.26 Å². The Kier molecular flexibility index (Phi) is 10.7. The minimum absolute atomic E-state index is 0.521. The van der Waals surface area contributed by atoms with Gasteiger partial charge in [0.05, 0.1) is 39.4 Å². The highest BCUT2D eigenvalue weighted by Crippen LogP contribution is 2.44. The van der Waals surface area contributed by atoms with Gasteiger partial charge in [-0.15, -0.1) is 0 Å². The van der Waals surface area contributed by atoms with Crippen LogP contribution in [0.1, 0.15) is 27.8 Å². The van der Waals surface area contributed by atoms with Crippen molar-refractivity contribution in [3.05, 3.63) is 246 Å². The van der Waals surface area contributed by atoms with E-state index in [2.05, 4.69) is 188 Å². The second-order valence-electron chi connectivity index (χ2n) is 19.5. The minimum Gasteiger partial charge on any atom is -0.309 e. The number of aromatic nitrogens is 5. The molecule has 0 aliphatic heterocycles. The van der Waals surface area contributed by atoms with Crippen molar-refractivity contribution in [2.45, 2.75) is 27.7 Å². The van der Waals surface area contributed by atoms with Crippen molar-refractivity contribution in [3.63, 3.8) is 0 Å². The van der Waals surface area contributed by atoms with Gasteiger partial charge in [-0.1, -0.05) is 168 Å². The van der Waals surface area contributed by atoms with Gasteiger partial charge in [0.15, 0.2) is 17.5 Å². The Morgan fingerprint density at radius 3 is 1.34 bits per heavy atom. The molecule has 3 aromatic heterocycles. The second kappa shape index (κ2) is 17.9. The van der Waals surface area contributed by atoms with Gasteiger partial charge < -0.3 is 9.13 Å². The quantitative estimate of drug-likeness (QED) is 0.152. The fraction of sp³-hybridized carbons (Fsp3) is 0.0588. The maximum absolute atomic E-state index is 10.7. The van der Waals surface area contributed by atoms with Crippen LogP contribution in [0.5, 0.6) is 0 Å². The third-order valence-electron chi connectivity index (χ3n) is 14.3. The van der Waals surface area contributed by atoms with Gasteiger partial charge in [0.1, 0.15) is 0 Å². The molecule has 0 N–H and O–H groups in total. The number of hydrogen-bond donors (Lipinski definition) is 0. The Labute approximate surface area is 429 Å². The van der Waals surface area contributed by atoms with Gasteiger partial charge in [-0.05, 0) is 128 Å². The van der Waals surface area contributed by atoms with E-state index in [0.717, 1.165) is 88.4 Å². The van der Waals surface area contributed by atoms with E-state index in [4.69, 9.17) is 15.0 Å². The van der Waals surface area contributed by atoms with Crippen LogP contribution in [0.15, 0.2) is 218 Å². The lowest BCUT2D eigenvalue weighted by Crippen LogP contribution is -2.04. The second-order valence-corrected chi connectivity index (χ2v) is 19.5. The van der Waals surface area contributed by atoms with Gasteiger partial charge in [0, 0.05) is 49.5 Å². The summed E-state index contributed by atoms with van der Waals surface area (Å²) < 4.78 is 4.72. The van der Waals surface area contributed by atoms with Crippen molar-refractivity contribution < 1.29 is 0 Å². The summed E-state index contributed by atoms with van der Waals surface area (Å²) in [5.74, 6) is 1.66. The van der Waals surface area contributed by atoms with Crippen LogP contribution in [-0.2, 0) is 0 Å². The zero-order chi connectivity index (χ0) is 50.0. The number of rotatable bonds is 8. The Balaban J connectivity index is 1.10. The Hall–Kier alpha value is -9.70. The van der Waals surface area contributed by atoms with Crippen LogP contribution < -0.4 is 0 Å². The van der Waals surface area contributed by atoms with E-state index >= 15 is 0 Å². The summed E-state index contributed by atoms with van der Waals surface area (Å²) in [6.45, 7) is 8.63. The zero-order valence-electron chi connectivity index (χ0n) is 41.5. The lowest BCUT2D eigenvalue weighted by Gasteiger charge is -2.19. The summed E-state index contributed by atoms with van der Waals surface area (Å²) in [5.41, 5.74) is 20.7. The van der Waals surface area contributed by atoms with E-state index < -0.39 is 0 Å². The first kappa shape index (κ1) is 44.3. The van der Waals surface area contributed by atoms with Crippen LogP contribution in [-0.4, -0.2) is 24.1 Å². The fourth-order valence-electron chi connectivity index (χ4n) is 11.2. The lowest BCUT2D eigenvalue weighted by atomic mass is 9.94. The molecule has 0 aliphatic rings. The van der Waals surface area contributed by atoms with E-state index in [1.54, 1.807) is 0 Å². The molecule has 0 aliphatic carbocycles. The largest absolute Gasteiger partial charge is 0.309 e. The van der Waals surface area contributed by atoms with Crippen molar-refractivity contribution in [2.75, 3.05) is 0 Å². The summed E-state index contributed by atoms with van der Waals surface area (Å²) in [7, 11) is 0. The van der Waals surface area contributed by atoms with E-state index in [0.29, 0.717) is 23.0 Å². The molecule has 6 heteroatoms. The highest BCUT2D eigenvalue weighted by molar-refractivity contribution is 6.12. The molecule has 0 atom stereocenters. The highest BCUT2D eigenvalue weighted by Gasteiger charge is 2.24. The van der Waals surface area contributed by atoms with Crippen LogP contribution in [0.3, 0.4) is 0 Å². The molecule has 74 heavy (non-hydrogen) atoms. The number of aryl methyl sites for hydroxylation is 4. The maximum atomic E-state index is 10.7. The predicted octanol–water partition coefficient (Wildman–Crippen LogP) is 17.2. The van der Waals surface area contributed by atoms with Crippen molar-refractivity contribution in [1.82, 2.24) is 24.1 Å². The number of nitrogens with zero attached hydrogens (tertiary/aromatic N) is 6. The Morgan fingerprint density at radius 2 is 0.797 bits per heavy atom. The first-order chi connectivity index (χ1) is 36.2. The Morgan fingerprint density at radius 1 is 0.324 bits per heavy atom. The molecule has 13 aromatic rings. The van der Waals surface area contributed by atoms with Gasteiger partial charge in [0.25, 0.3) is 0 Å². The molecular weight excluding hydrogens is 901 g/mol. The fourth-order valence-corrected chi connectivity index (χ4v) is 11.2. The van der Waals surface area contributed by atoms with Crippen molar-refractivity contribution in [1.29, 1.82) is 5.26 Å². The van der Waals surface area contributed by atoms with Crippen LogP contribution in [0.2, 0.25) is 0 Å². The standard InChI is InChI=1S/C68H48N6/c1-42-31-43(2)34-51(33-42)49-24-29-63-59(38-49)54-19-11-13-21-61(54)73(63)53-26-27-56(68-71-66(47-15-7-5-8-16-47)70-67(72-68)48-17-9-6-10-18-48)57(40-53)58-37-46(41-69)23-28-64(58)74-62-22-14-12-20-55(62)60-39-50(25-30-65(60)74)52-35-44(3)32-45(4)36-52/h5-40H,1-4H3. The van der Waals surface area contributed by atoms with Gasteiger partial charge in [0.2, 0.25) is 0 Å². The summed E-state index contributed by atoms with van der Waals surface area (Å²) in [6.07, 6.45) is 0. The number of nitriles is 1. The molecule has 0 saturated heterocycles. The molecule has 0 radical (unpaired) electrons. The number of hydrogen-bond acceptors (Lipinski definition) is 4. The summed E-state index contributed by atoms with van der Waals surface area (Å²) in [6, 6.07) is 79.7. The first-order valence-corrected chi connectivity index (χ1v) is 25.0. The first-order valence-electron chi connectivity index (χ1n) is 25.0. The average Bonchev–Trinajstić information content (AvgIpc) is 3.94. The molecule has 13 rings (SSSR count). The average molecular weight is 949 g/mol.